The van der Waals surface area contributed by atoms with Crippen LogP contribution in [-0.4, -0.2) is 33.8 Å². The van der Waals surface area contributed by atoms with Gasteiger partial charge < -0.3 is 11.1 Å². The summed E-state index contributed by atoms with van der Waals surface area (Å²) in [4.78, 5) is 14.9. The van der Waals surface area contributed by atoms with Gasteiger partial charge in [0.2, 0.25) is 11.8 Å². The van der Waals surface area contributed by atoms with Gasteiger partial charge in [-0.1, -0.05) is 0 Å². The van der Waals surface area contributed by atoms with Crippen LogP contribution < -0.4 is 11.1 Å². The van der Waals surface area contributed by atoms with Gasteiger partial charge in [0.25, 0.3) is 5.91 Å². The smallest absolute Gasteiger partial charge is 0.366 e. The highest BCUT2D eigenvalue weighted by molar-refractivity contribution is 5.90. The molecule has 0 saturated heterocycles. The van der Waals surface area contributed by atoms with Crippen LogP contribution in [0.1, 0.15) is 29.9 Å². The Morgan fingerprint density at radius 1 is 1.41 bits per heavy atom. The van der Waals surface area contributed by atoms with E-state index in [-0.39, 0.29) is 31.2 Å². The number of carbonyl (C=O) groups excluding carboxylic acids is 1. The average molecular weight is 251 g/mol. The van der Waals surface area contributed by atoms with Crippen LogP contribution in [0, 0.1) is 0 Å². The molecule has 17 heavy (non-hydrogen) atoms. The minimum atomic E-state index is -4.15. The van der Waals surface area contributed by atoms with Gasteiger partial charge >= 0.3 is 6.18 Å². The van der Waals surface area contributed by atoms with Gasteiger partial charge in [-0.15, -0.1) is 5.10 Å². The minimum Gasteiger partial charge on any atom is -0.366 e. The van der Waals surface area contributed by atoms with Crippen LogP contribution in [0.5, 0.6) is 0 Å². The maximum atomic E-state index is 11.8. The molecule has 96 valence electrons. The molecule has 1 aromatic heterocycles. The van der Waals surface area contributed by atoms with E-state index in [4.69, 9.17) is 5.73 Å². The topological polar surface area (TPSA) is 96.7 Å². The van der Waals surface area contributed by atoms with Crippen LogP contribution in [0.25, 0.3) is 0 Å². The molecule has 1 heterocycles. The van der Waals surface area contributed by atoms with E-state index >= 15 is 0 Å². The first-order chi connectivity index (χ1) is 7.88. The Bertz CT molecular complexity index is 375. The van der Waals surface area contributed by atoms with Crippen molar-refractivity contribution in [2.75, 3.05) is 12.3 Å². The Balaban J connectivity index is 2.17. The first-order valence-electron chi connectivity index (χ1n) is 4.91. The van der Waals surface area contributed by atoms with E-state index < -0.39 is 18.5 Å². The second kappa shape index (κ2) is 5.51. The molecule has 0 aromatic carbocycles. The van der Waals surface area contributed by atoms with E-state index in [1.54, 1.807) is 0 Å². The van der Waals surface area contributed by atoms with Crippen molar-refractivity contribution in [3.63, 3.8) is 0 Å². The van der Waals surface area contributed by atoms with Gasteiger partial charge in [-0.05, 0) is 12.8 Å². The lowest BCUT2D eigenvalue weighted by Gasteiger charge is -2.06. The Morgan fingerprint density at radius 2 is 2.12 bits per heavy atom. The lowest BCUT2D eigenvalue weighted by Crippen LogP contribution is -2.25. The summed E-state index contributed by atoms with van der Waals surface area (Å²) < 4.78 is 35.4. The molecule has 4 N–H and O–H groups in total. The summed E-state index contributed by atoms with van der Waals surface area (Å²) in [7, 11) is 0. The van der Waals surface area contributed by atoms with E-state index in [0.717, 1.165) is 0 Å². The van der Waals surface area contributed by atoms with Crippen LogP contribution in [0.3, 0.4) is 0 Å². The highest BCUT2D eigenvalue weighted by atomic mass is 19.4. The van der Waals surface area contributed by atoms with Gasteiger partial charge in [-0.25, -0.2) is 0 Å². The van der Waals surface area contributed by atoms with Crippen LogP contribution in [-0.2, 0) is 0 Å². The van der Waals surface area contributed by atoms with Crippen LogP contribution in [0.15, 0.2) is 0 Å². The molecule has 0 bridgehead atoms. The number of aromatic nitrogens is 3. The monoisotopic (exact) mass is 251 g/mol. The quantitative estimate of drug-likeness (QED) is 0.676. The highest BCUT2D eigenvalue weighted by Crippen LogP contribution is 2.21. The molecule has 1 rings (SSSR count). The molecule has 1 aromatic rings. The number of nitrogens with two attached hydrogens (primary N) is 1. The first-order valence-corrected chi connectivity index (χ1v) is 4.91. The molecule has 0 spiro atoms. The van der Waals surface area contributed by atoms with Crippen molar-refractivity contribution in [2.24, 2.45) is 0 Å². The second-order valence-electron chi connectivity index (χ2n) is 3.37. The Hall–Kier alpha value is -1.80. The number of rotatable bonds is 5. The van der Waals surface area contributed by atoms with Crippen LogP contribution in [0.2, 0.25) is 0 Å². The number of unbranched alkanes of at least 4 members (excludes halogenated alkanes) is 1. The molecule has 1 amide bonds. The van der Waals surface area contributed by atoms with E-state index in [9.17, 15) is 18.0 Å². The van der Waals surface area contributed by atoms with E-state index in [1.165, 1.54) is 0 Å². The fourth-order valence-electron chi connectivity index (χ4n) is 1.11. The predicted molar refractivity (Wildman–Crippen MR) is 53.0 cm³/mol. The van der Waals surface area contributed by atoms with Gasteiger partial charge in [-0.3, -0.25) is 9.89 Å². The summed E-state index contributed by atoms with van der Waals surface area (Å²) in [5.74, 6) is -0.660. The third kappa shape index (κ3) is 5.18. The molecule has 0 unspecified atom stereocenters. The van der Waals surface area contributed by atoms with Gasteiger partial charge in [0.15, 0.2) is 0 Å². The number of carbonyl (C=O) groups is 1. The fraction of sp³-hybridized carbons (Fsp3) is 0.625. The molecule has 0 aliphatic carbocycles. The van der Waals surface area contributed by atoms with Crippen molar-refractivity contribution in [3.05, 3.63) is 5.82 Å². The van der Waals surface area contributed by atoms with Crippen LogP contribution >= 0.6 is 0 Å². The summed E-state index contributed by atoms with van der Waals surface area (Å²) in [6, 6.07) is 0. The molecule has 0 radical (unpaired) electrons. The van der Waals surface area contributed by atoms with Crippen molar-refractivity contribution in [1.29, 1.82) is 0 Å². The summed E-state index contributed by atoms with van der Waals surface area (Å²) in [5.41, 5.74) is 5.18. The molecular weight excluding hydrogens is 239 g/mol. The van der Waals surface area contributed by atoms with Crippen molar-refractivity contribution in [2.45, 2.75) is 25.4 Å². The number of alkyl halides is 3. The SMILES string of the molecule is Nc1n[nH]c(C(=O)NCCCCC(F)(F)F)n1. The van der Waals surface area contributed by atoms with Crippen molar-refractivity contribution in [1.82, 2.24) is 20.5 Å². The van der Waals surface area contributed by atoms with E-state index in [0.29, 0.717) is 0 Å². The predicted octanol–water partition coefficient (Wildman–Crippen LogP) is 0.849. The number of amides is 1. The van der Waals surface area contributed by atoms with Gasteiger partial charge in [-0.2, -0.15) is 18.2 Å². The minimum absolute atomic E-state index is 0.0255. The number of aromatic amines is 1. The number of nitrogen functional groups attached to an aromatic ring is 1. The summed E-state index contributed by atoms with van der Waals surface area (Å²) in [6.07, 6.45) is -4.78. The van der Waals surface area contributed by atoms with Gasteiger partial charge in [0.1, 0.15) is 0 Å². The molecule has 0 aliphatic rings. The summed E-state index contributed by atoms with van der Waals surface area (Å²) in [6.45, 7) is 0.148. The lowest BCUT2D eigenvalue weighted by atomic mass is 10.2. The van der Waals surface area contributed by atoms with Crippen molar-refractivity contribution in [3.8, 4) is 0 Å². The molecule has 9 heteroatoms. The zero-order valence-corrected chi connectivity index (χ0v) is 8.84. The summed E-state index contributed by atoms with van der Waals surface area (Å²) >= 11 is 0. The molecule has 0 aliphatic heterocycles. The van der Waals surface area contributed by atoms with Crippen LogP contribution in [0.4, 0.5) is 19.1 Å². The highest BCUT2D eigenvalue weighted by Gasteiger charge is 2.25. The number of nitrogens with one attached hydrogen (secondary N) is 2. The van der Waals surface area contributed by atoms with Gasteiger partial charge in [0.05, 0.1) is 0 Å². The Kier molecular flexibility index (Phi) is 4.30. The fourth-order valence-corrected chi connectivity index (χ4v) is 1.11. The average Bonchev–Trinajstić information content (AvgIpc) is 2.62. The second-order valence-corrected chi connectivity index (χ2v) is 3.37. The number of H-pyrrole nitrogens is 1. The lowest BCUT2D eigenvalue weighted by molar-refractivity contribution is -0.135. The largest absolute Gasteiger partial charge is 0.389 e. The number of hydrogen-bond acceptors (Lipinski definition) is 4. The first kappa shape index (κ1) is 13.3. The van der Waals surface area contributed by atoms with Crippen molar-refractivity contribution < 1.29 is 18.0 Å². The third-order valence-electron chi connectivity index (χ3n) is 1.89. The molecule has 0 saturated carbocycles. The molecule has 6 nitrogen and oxygen atoms in total. The zero-order chi connectivity index (χ0) is 12.9. The normalized spacial score (nSPS) is 11.5. The standard InChI is InChI=1S/C8H12F3N5O/c9-8(10,11)3-1-2-4-13-6(17)5-14-7(12)16-15-5/h1-4H2,(H,13,17)(H3,12,14,15,16). The summed E-state index contributed by atoms with van der Waals surface area (Å²) in [5, 5.41) is 8.14. The number of hydrogen-bond donors (Lipinski definition) is 3. The maximum absolute atomic E-state index is 11.8. The van der Waals surface area contributed by atoms with Crippen molar-refractivity contribution >= 4 is 11.9 Å². The number of halogens is 3. The number of anilines is 1. The number of nitrogens with zero attached hydrogens (tertiary/aromatic N) is 2. The zero-order valence-electron chi connectivity index (χ0n) is 8.84. The molecule has 0 fully saturated rings. The Morgan fingerprint density at radius 3 is 2.65 bits per heavy atom. The maximum Gasteiger partial charge on any atom is 0.389 e. The van der Waals surface area contributed by atoms with E-state index in [2.05, 4.69) is 20.5 Å². The molecular formula is C8H12F3N5O. The molecule has 0 atom stereocenters. The van der Waals surface area contributed by atoms with E-state index in [1.807, 2.05) is 0 Å². The Labute approximate surface area is 94.8 Å². The third-order valence-corrected chi connectivity index (χ3v) is 1.89. The van der Waals surface area contributed by atoms with Gasteiger partial charge in [0, 0.05) is 13.0 Å².